The van der Waals surface area contributed by atoms with Gasteiger partial charge < -0.3 is 10.5 Å². The molecule has 0 saturated heterocycles. The van der Waals surface area contributed by atoms with Crippen LogP contribution < -0.4 is 10.5 Å². The maximum absolute atomic E-state index is 5.84. The van der Waals surface area contributed by atoms with Gasteiger partial charge in [-0.15, -0.1) is 0 Å². The van der Waals surface area contributed by atoms with Crippen LogP contribution in [0, 0.1) is 8.99 Å². The van der Waals surface area contributed by atoms with E-state index in [-0.39, 0.29) is 0 Å². The van der Waals surface area contributed by atoms with E-state index < -0.39 is 0 Å². The Morgan fingerprint density at radius 2 is 2.00 bits per heavy atom. The van der Waals surface area contributed by atoms with E-state index in [0.29, 0.717) is 12.0 Å². The molecule has 1 rings (SSSR count). The van der Waals surface area contributed by atoms with Gasteiger partial charge in [0.05, 0.1) is 12.3 Å². The molecule has 0 saturated carbocycles. The minimum absolute atomic E-state index is 0.304. The fourth-order valence-corrected chi connectivity index (χ4v) is 1.63. The van der Waals surface area contributed by atoms with Crippen molar-refractivity contribution >= 4 is 28.3 Å². The highest BCUT2D eigenvalue weighted by atomic mass is 127. The molecule has 0 radical (unpaired) electrons. The molecule has 2 N–H and O–H groups in total. The Bertz CT molecular complexity index is 331. The summed E-state index contributed by atoms with van der Waals surface area (Å²) in [7, 11) is 0. The molecule has 0 aliphatic carbocycles. The molecule has 0 bridgehead atoms. The maximum Gasteiger partial charge on any atom is 0.142 e. The summed E-state index contributed by atoms with van der Waals surface area (Å²) in [6, 6.07) is 5.86. The second kappa shape index (κ2) is 5.05. The van der Waals surface area contributed by atoms with Gasteiger partial charge in [-0.05, 0) is 52.6 Å². The first-order valence-electron chi connectivity index (χ1n) is 5.06. The van der Waals surface area contributed by atoms with Gasteiger partial charge >= 0.3 is 0 Å². The zero-order chi connectivity index (χ0) is 11.5. The number of halogens is 1. The minimum atomic E-state index is 0.304. The largest absolute Gasteiger partial charge is 0.491 e. The van der Waals surface area contributed by atoms with Crippen molar-refractivity contribution in [2.24, 2.45) is 5.41 Å². The van der Waals surface area contributed by atoms with Gasteiger partial charge in [-0.25, -0.2) is 0 Å². The lowest BCUT2D eigenvalue weighted by Gasteiger charge is -2.18. The highest BCUT2D eigenvalue weighted by Gasteiger charge is 2.10. The normalized spacial score (nSPS) is 11.5. The third-order valence-electron chi connectivity index (χ3n) is 2.08. The smallest absolute Gasteiger partial charge is 0.142 e. The van der Waals surface area contributed by atoms with Gasteiger partial charge in [0.1, 0.15) is 5.75 Å². The van der Waals surface area contributed by atoms with Crippen molar-refractivity contribution in [3.8, 4) is 5.75 Å². The number of hydrogen-bond donors (Lipinski definition) is 1. The van der Waals surface area contributed by atoms with Crippen molar-refractivity contribution in [1.29, 1.82) is 0 Å². The molecule has 0 atom stereocenters. The molecule has 2 nitrogen and oxygen atoms in total. The summed E-state index contributed by atoms with van der Waals surface area (Å²) in [5, 5.41) is 0. The highest BCUT2D eigenvalue weighted by molar-refractivity contribution is 14.1. The number of benzene rings is 1. The lowest BCUT2D eigenvalue weighted by Crippen LogP contribution is -2.11. The Hall–Kier alpha value is -0.450. The second-order valence-corrected chi connectivity index (χ2v) is 6.09. The Kier molecular flexibility index (Phi) is 4.25. The predicted molar refractivity (Wildman–Crippen MR) is 73.1 cm³/mol. The molecular weight excluding hydrogens is 301 g/mol. The average molecular weight is 319 g/mol. The Labute approximate surface area is 105 Å². The third-order valence-corrected chi connectivity index (χ3v) is 2.75. The molecule has 0 unspecified atom stereocenters. The van der Waals surface area contributed by atoms with Gasteiger partial charge in [0.25, 0.3) is 0 Å². The van der Waals surface area contributed by atoms with Crippen LogP contribution in [0.25, 0.3) is 0 Å². The molecule has 0 aromatic heterocycles. The molecule has 3 heteroatoms. The summed E-state index contributed by atoms with van der Waals surface area (Å²) in [6.07, 6.45) is 1.03. The molecular formula is C12H18INO. The molecule has 1 aromatic rings. The lowest BCUT2D eigenvalue weighted by molar-refractivity contribution is 0.244. The van der Waals surface area contributed by atoms with E-state index in [1.165, 1.54) is 0 Å². The van der Waals surface area contributed by atoms with Gasteiger partial charge in [0, 0.05) is 3.57 Å². The molecule has 0 aliphatic heterocycles. The van der Waals surface area contributed by atoms with Crippen LogP contribution in [0.15, 0.2) is 18.2 Å². The zero-order valence-electron chi connectivity index (χ0n) is 9.51. The highest BCUT2D eigenvalue weighted by Crippen LogP contribution is 2.25. The van der Waals surface area contributed by atoms with E-state index in [1.807, 2.05) is 18.2 Å². The van der Waals surface area contributed by atoms with Gasteiger partial charge in [0.2, 0.25) is 0 Å². The van der Waals surface area contributed by atoms with E-state index in [0.717, 1.165) is 21.4 Å². The van der Waals surface area contributed by atoms with E-state index in [9.17, 15) is 0 Å². The van der Waals surface area contributed by atoms with E-state index in [2.05, 4.69) is 43.4 Å². The molecule has 0 heterocycles. The van der Waals surface area contributed by atoms with Crippen molar-refractivity contribution in [2.75, 3.05) is 12.3 Å². The van der Waals surface area contributed by atoms with Crippen molar-refractivity contribution < 1.29 is 4.74 Å². The fourth-order valence-electron chi connectivity index (χ4n) is 1.12. The van der Waals surface area contributed by atoms with Crippen molar-refractivity contribution in [3.63, 3.8) is 0 Å². The topological polar surface area (TPSA) is 35.2 Å². The monoisotopic (exact) mass is 319 g/mol. The molecule has 0 fully saturated rings. The third kappa shape index (κ3) is 4.73. The SMILES string of the molecule is CC(C)(C)CCOc1ccc(I)cc1N. The standard InChI is InChI=1S/C12H18INO/c1-12(2,3)6-7-15-11-5-4-9(13)8-10(11)14/h4-5,8H,6-7,14H2,1-3H3. The van der Waals surface area contributed by atoms with Crippen LogP contribution in [0.3, 0.4) is 0 Å². The van der Waals surface area contributed by atoms with Crippen LogP contribution >= 0.6 is 22.6 Å². The fraction of sp³-hybridized carbons (Fsp3) is 0.500. The van der Waals surface area contributed by atoms with Crippen molar-refractivity contribution in [2.45, 2.75) is 27.2 Å². The molecule has 15 heavy (non-hydrogen) atoms. The zero-order valence-corrected chi connectivity index (χ0v) is 11.7. The quantitative estimate of drug-likeness (QED) is 0.681. The summed E-state index contributed by atoms with van der Waals surface area (Å²) in [5.41, 5.74) is 6.86. The summed E-state index contributed by atoms with van der Waals surface area (Å²) < 4.78 is 6.77. The average Bonchev–Trinajstić information content (AvgIpc) is 2.07. The van der Waals surface area contributed by atoms with Crippen LogP contribution in [0.4, 0.5) is 5.69 Å². The van der Waals surface area contributed by atoms with Crippen LogP contribution in [-0.4, -0.2) is 6.61 Å². The summed E-state index contributed by atoms with van der Waals surface area (Å²) in [4.78, 5) is 0. The van der Waals surface area contributed by atoms with Gasteiger partial charge in [-0.2, -0.15) is 0 Å². The number of nitrogen functional groups attached to an aromatic ring is 1. The molecule has 0 aliphatic rings. The Balaban J connectivity index is 2.51. The van der Waals surface area contributed by atoms with E-state index >= 15 is 0 Å². The van der Waals surface area contributed by atoms with Crippen molar-refractivity contribution in [3.05, 3.63) is 21.8 Å². The van der Waals surface area contributed by atoms with Crippen LogP contribution in [-0.2, 0) is 0 Å². The summed E-state index contributed by atoms with van der Waals surface area (Å²) >= 11 is 2.24. The first-order chi connectivity index (χ1) is 6.88. The van der Waals surface area contributed by atoms with Crippen LogP contribution in [0.2, 0.25) is 0 Å². The number of hydrogen-bond acceptors (Lipinski definition) is 2. The second-order valence-electron chi connectivity index (χ2n) is 4.84. The number of ether oxygens (including phenoxy) is 1. The van der Waals surface area contributed by atoms with Gasteiger partial charge in [-0.1, -0.05) is 20.8 Å². The predicted octanol–water partition coefficient (Wildman–Crippen LogP) is 3.69. The van der Waals surface area contributed by atoms with Crippen LogP contribution in [0.1, 0.15) is 27.2 Å². The minimum Gasteiger partial charge on any atom is -0.491 e. The molecule has 84 valence electrons. The maximum atomic E-state index is 5.84. The number of nitrogens with two attached hydrogens (primary N) is 1. The van der Waals surface area contributed by atoms with E-state index in [1.54, 1.807) is 0 Å². The first-order valence-corrected chi connectivity index (χ1v) is 6.14. The Morgan fingerprint density at radius 1 is 1.33 bits per heavy atom. The Morgan fingerprint density at radius 3 is 2.53 bits per heavy atom. The van der Waals surface area contributed by atoms with Gasteiger partial charge in [0.15, 0.2) is 0 Å². The number of anilines is 1. The van der Waals surface area contributed by atoms with E-state index in [4.69, 9.17) is 10.5 Å². The van der Waals surface area contributed by atoms with Crippen molar-refractivity contribution in [1.82, 2.24) is 0 Å². The summed E-state index contributed by atoms with van der Waals surface area (Å²) in [6.45, 7) is 7.32. The number of rotatable bonds is 3. The van der Waals surface area contributed by atoms with Crippen LogP contribution in [0.5, 0.6) is 5.75 Å². The summed E-state index contributed by atoms with van der Waals surface area (Å²) in [5.74, 6) is 0.791. The molecule has 0 amide bonds. The van der Waals surface area contributed by atoms with Gasteiger partial charge in [-0.3, -0.25) is 0 Å². The molecule has 1 aromatic carbocycles. The molecule has 0 spiro atoms. The lowest BCUT2D eigenvalue weighted by atomic mass is 9.93. The first kappa shape index (κ1) is 12.6.